The zero-order chi connectivity index (χ0) is 19.4. The summed E-state index contributed by atoms with van der Waals surface area (Å²) >= 11 is 0. The molecule has 3 nitrogen and oxygen atoms in total. The first-order valence-electron chi connectivity index (χ1n) is 11.4. The number of fused-ring (bicyclic) bond motifs is 5. The Morgan fingerprint density at radius 3 is 2.86 bits per heavy atom. The van der Waals surface area contributed by atoms with Gasteiger partial charge >= 0.3 is 0 Å². The second kappa shape index (κ2) is 6.71. The lowest BCUT2D eigenvalue weighted by molar-refractivity contribution is -0.122. The third-order valence-corrected chi connectivity index (χ3v) is 9.39. The van der Waals surface area contributed by atoms with E-state index in [2.05, 4.69) is 42.4 Å². The minimum atomic E-state index is 0.109. The van der Waals surface area contributed by atoms with E-state index >= 15 is 0 Å². The summed E-state index contributed by atoms with van der Waals surface area (Å²) in [6.45, 7) is 5.03. The van der Waals surface area contributed by atoms with Crippen molar-refractivity contribution in [1.29, 1.82) is 0 Å². The van der Waals surface area contributed by atoms with Gasteiger partial charge in [-0.1, -0.05) is 26.0 Å². The van der Waals surface area contributed by atoms with Gasteiger partial charge in [-0.2, -0.15) is 0 Å². The SMILES string of the molecule is C[C@]12C=CC(=O)N[C@@H]1CC[C@@H]1[C@@H]2CC[C@]2(C)[C@@H](CCc3cccnc3)CC[C@@H]12. The number of nitrogens with zero attached hydrogens (tertiary/aromatic N) is 1. The van der Waals surface area contributed by atoms with E-state index in [1.54, 1.807) is 6.08 Å². The molecule has 1 aliphatic heterocycles. The molecule has 0 spiro atoms. The molecule has 0 bridgehead atoms. The maximum absolute atomic E-state index is 11.9. The molecule has 0 radical (unpaired) electrons. The first-order chi connectivity index (χ1) is 13.5. The van der Waals surface area contributed by atoms with Gasteiger partial charge in [0.25, 0.3) is 0 Å². The Bertz CT molecular complexity index is 774. The van der Waals surface area contributed by atoms with Gasteiger partial charge in [0.2, 0.25) is 5.91 Å². The molecular formula is C25H34N2O. The highest BCUT2D eigenvalue weighted by Gasteiger charge is 2.59. The van der Waals surface area contributed by atoms with Crippen molar-refractivity contribution in [2.75, 3.05) is 0 Å². The van der Waals surface area contributed by atoms with Crippen LogP contribution in [0.5, 0.6) is 0 Å². The molecule has 7 atom stereocenters. The fraction of sp³-hybridized carbons (Fsp3) is 0.680. The van der Waals surface area contributed by atoms with E-state index in [0.717, 1.165) is 30.1 Å². The van der Waals surface area contributed by atoms with Gasteiger partial charge in [0.05, 0.1) is 0 Å². The summed E-state index contributed by atoms with van der Waals surface area (Å²) in [6, 6.07) is 4.64. The van der Waals surface area contributed by atoms with Crippen LogP contribution in [0.4, 0.5) is 0 Å². The van der Waals surface area contributed by atoms with E-state index in [0.29, 0.717) is 11.5 Å². The smallest absolute Gasteiger partial charge is 0.243 e. The van der Waals surface area contributed by atoms with E-state index in [1.165, 1.54) is 50.5 Å². The number of nitrogens with one attached hydrogen (secondary N) is 1. The van der Waals surface area contributed by atoms with Gasteiger partial charge < -0.3 is 5.32 Å². The second-order valence-electron chi connectivity index (χ2n) is 10.4. The lowest BCUT2D eigenvalue weighted by atomic mass is 9.48. The van der Waals surface area contributed by atoms with E-state index in [-0.39, 0.29) is 11.3 Å². The van der Waals surface area contributed by atoms with Gasteiger partial charge in [-0.25, -0.2) is 0 Å². The summed E-state index contributed by atoms with van der Waals surface area (Å²) < 4.78 is 0. The molecule has 1 N–H and O–H groups in total. The molecule has 1 amide bonds. The predicted molar refractivity (Wildman–Crippen MR) is 112 cm³/mol. The van der Waals surface area contributed by atoms with Crippen molar-refractivity contribution in [2.45, 2.75) is 71.3 Å². The number of pyridine rings is 1. The lowest BCUT2D eigenvalue weighted by Crippen LogP contribution is -2.59. The van der Waals surface area contributed by atoms with Crippen LogP contribution in [0.3, 0.4) is 0 Å². The summed E-state index contributed by atoms with van der Waals surface area (Å²) in [5.41, 5.74) is 2.06. The standard InChI is InChI=1S/C25H34N2O/c1-24-13-11-21-19(8-10-22-25(21,2)14-12-23(28)27-22)20(24)9-7-18(24)6-5-17-4-3-15-26-16-17/h3-4,12,14-16,18-22H,5-11,13H2,1-2H3,(H,27,28)/t18-,19-,20-,21-,22+,24+,25+/m0/s1. The Labute approximate surface area is 169 Å². The Hall–Kier alpha value is -1.64. The fourth-order valence-electron chi connectivity index (χ4n) is 7.80. The van der Waals surface area contributed by atoms with E-state index in [1.807, 2.05) is 12.4 Å². The van der Waals surface area contributed by atoms with E-state index in [4.69, 9.17) is 0 Å². The molecular weight excluding hydrogens is 344 g/mol. The number of aryl methyl sites for hydroxylation is 1. The molecule has 150 valence electrons. The summed E-state index contributed by atoms with van der Waals surface area (Å²) in [4.78, 5) is 16.2. The van der Waals surface area contributed by atoms with E-state index < -0.39 is 0 Å². The molecule has 0 unspecified atom stereocenters. The average molecular weight is 379 g/mol. The van der Waals surface area contributed by atoms with Crippen LogP contribution in [0, 0.1) is 34.5 Å². The Balaban J connectivity index is 1.34. The van der Waals surface area contributed by atoms with Crippen molar-refractivity contribution in [3.05, 3.63) is 42.2 Å². The minimum Gasteiger partial charge on any atom is -0.349 e. The summed E-state index contributed by atoms with van der Waals surface area (Å²) in [6.07, 6.45) is 18.4. The van der Waals surface area contributed by atoms with Crippen molar-refractivity contribution >= 4 is 5.91 Å². The Kier molecular flexibility index (Phi) is 4.41. The topological polar surface area (TPSA) is 42.0 Å². The molecule has 1 aromatic rings. The summed E-state index contributed by atoms with van der Waals surface area (Å²) in [5, 5.41) is 3.28. The van der Waals surface area contributed by atoms with Gasteiger partial charge in [0, 0.05) is 23.9 Å². The van der Waals surface area contributed by atoms with Crippen LogP contribution in [-0.2, 0) is 11.2 Å². The van der Waals surface area contributed by atoms with E-state index in [9.17, 15) is 4.79 Å². The van der Waals surface area contributed by atoms with Crippen molar-refractivity contribution in [3.8, 4) is 0 Å². The zero-order valence-corrected chi connectivity index (χ0v) is 17.4. The molecule has 3 aliphatic carbocycles. The maximum atomic E-state index is 11.9. The van der Waals surface area contributed by atoms with Crippen LogP contribution in [0.2, 0.25) is 0 Å². The number of hydrogen-bond acceptors (Lipinski definition) is 2. The number of aromatic nitrogens is 1. The number of hydrogen-bond donors (Lipinski definition) is 1. The van der Waals surface area contributed by atoms with Crippen LogP contribution in [0.1, 0.15) is 64.4 Å². The number of amides is 1. The highest BCUT2D eigenvalue weighted by molar-refractivity contribution is 5.89. The number of carbonyl (C=O) groups is 1. The monoisotopic (exact) mass is 378 g/mol. The van der Waals surface area contributed by atoms with Gasteiger partial charge in [-0.3, -0.25) is 9.78 Å². The molecule has 1 aromatic heterocycles. The van der Waals surface area contributed by atoms with Crippen LogP contribution in [0.25, 0.3) is 0 Å². The third kappa shape index (κ3) is 2.76. The lowest BCUT2D eigenvalue weighted by Gasteiger charge is -2.59. The normalized spacial score (nSPS) is 44.4. The molecule has 2 heterocycles. The van der Waals surface area contributed by atoms with Crippen molar-refractivity contribution < 1.29 is 4.79 Å². The number of rotatable bonds is 3. The maximum Gasteiger partial charge on any atom is 0.243 e. The van der Waals surface area contributed by atoms with Gasteiger partial charge in [-0.05, 0) is 98.2 Å². The highest BCUT2D eigenvalue weighted by Crippen LogP contribution is 2.65. The van der Waals surface area contributed by atoms with Gasteiger partial charge in [-0.15, -0.1) is 0 Å². The van der Waals surface area contributed by atoms with Gasteiger partial charge in [0.15, 0.2) is 0 Å². The quantitative estimate of drug-likeness (QED) is 0.810. The van der Waals surface area contributed by atoms with Crippen LogP contribution >= 0.6 is 0 Å². The second-order valence-corrected chi connectivity index (χ2v) is 10.4. The Morgan fingerprint density at radius 2 is 2.04 bits per heavy atom. The molecule has 0 saturated heterocycles. The van der Waals surface area contributed by atoms with Crippen molar-refractivity contribution in [2.24, 2.45) is 34.5 Å². The van der Waals surface area contributed by atoms with Crippen LogP contribution in [-0.4, -0.2) is 16.9 Å². The molecule has 3 saturated carbocycles. The molecule has 3 heteroatoms. The van der Waals surface area contributed by atoms with Gasteiger partial charge in [0.1, 0.15) is 0 Å². The molecule has 3 fully saturated rings. The molecule has 0 aromatic carbocycles. The first-order valence-corrected chi connectivity index (χ1v) is 11.4. The predicted octanol–water partition coefficient (Wildman–Crippen LogP) is 4.93. The minimum absolute atomic E-state index is 0.109. The first kappa shape index (κ1) is 18.4. The number of carbonyl (C=O) groups excluding carboxylic acids is 1. The molecule has 4 aliphatic rings. The summed E-state index contributed by atoms with van der Waals surface area (Å²) in [7, 11) is 0. The largest absolute Gasteiger partial charge is 0.349 e. The zero-order valence-electron chi connectivity index (χ0n) is 17.4. The van der Waals surface area contributed by atoms with Crippen molar-refractivity contribution in [3.63, 3.8) is 0 Å². The summed E-state index contributed by atoms with van der Waals surface area (Å²) in [5.74, 6) is 3.40. The average Bonchev–Trinajstić information content (AvgIpc) is 3.04. The molecule has 5 rings (SSSR count). The Morgan fingerprint density at radius 1 is 1.14 bits per heavy atom. The third-order valence-electron chi connectivity index (χ3n) is 9.39. The highest BCUT2D eigenvalue weighted by atomic mass is 16.1. The van der Waals surface area contributed by atoms with Crippen LogP contribution in [0.15, 0.2) is 36.7 Å². The van der Waals surface area contributed by atoms with Crippen molar-refractivity contribution in [1.82, 2.24) is 10.3 Å². The fourth-order valence-corrected chi connectivity index (χ4v) is 7.80. The van der Waals surface area contributed by atoms with Crippen LogP contribution < -0.4 is 5.32 Å². The molecule has 28 heavy (non-hydrogen) atoms.